The standard InChI is InChI=1S/C25H26BrClN2O2/c1-18-4-2-3-5-19(18)17-31-25-9-6-21(26)14-20(25)16-28-22-7-8-24(23(27)15-22)29-10-12-30-13-11-29/h2-9,14-15,28H,10-13,16-17H2,1H3. The average molecular weight is 502 g/mol. The van der Waals surface area contributed by atoms with Crippen LogP contribution in [0.3, 0.4) is 0 Å². The Morgan fingerprint density at radius 1 is 1.03 bits per heavy atom. The van der Waals surface area contributed by atoms with Gasteiger partial charge in [-0.3, -0.25) is 0 Å². The van der Waals surface area contributed by atoms with Crippen LogP contribution in [0, 0.1) is 6.92 Å². The van der Waals surface area contributed by atoms with Gasteiger partial charge in [0.1, 0.15) is 12.4 Å². The number of anilines is 2. The molecule has 31 heavy (non-hydrogen) atoms. The summed E-state index contributed by atoms with van der Waals surface area (Å²) in [4.78, 5) is 2.27. The lowest BCUT2D eigenvalue weighted by Crippen LogP contribution is -2.36. The van der Waals surface area contributed by atoms with Crippen molar-refractivity contribution in [1.29, 1.82) is 0 Å². The summed E-state index contributed by atoms with van der Waals surface area (Å²) in [6, 6.07) is 20.5. The number of hydrogen-bond donors (Lipinski definition) is 1. The average Bonchev–Trinajstić information content (AvgIpc) is 2.78. The van der Waals surface area contributed by atoms with Gasteiger partial charge in [-0.05, 0) is 54.4 Å². The number of nitrogens with one attached hydrogen (secondary N) is 1. The molecule has 0 aromatic heterocycles. The molecule has 3 aromatic carbocycles. The second kappa shape index (κ2) is 10.4. The van der Waals surface area contributed by atoms with Crippen molar-refractivity contribution in [2.75, 3.05) is 36.5 Å². The molecule has 1 heterocycles. The van der Waals surface area contributed by atoms with Crippen LogP contribution in [0.15, 0.2) is 65.1 Å². The molecule has 0 saturated carbocycles. The Bertz CT molecular complexity index is 1040. The van der Waals surface area contributed by atoms with Crippen molar-refractivity contribution in [3.8, 4) is 5.75 Å². The summed E-state index contributed by atoms with van der Waals surface area (Å²) in [6.45, 7) is 6.50. The number of nitrogens with zero attached hydrogens (tertiary/aromatic N) is 1. The Kier molecular flexibility index (Phi) is 7.38. The van der Waals surface area contributed by atoms with E-state index in [1.54, 1.807) is 0 Å². The Morgan fingerprint density at radius 3 is 2.61 bits per heavy atom. The number of benzene rings is 3. The summed E-state index contributed by atoms with van der Waals surface area (Å²) in [5.74, 6) is 0.870. The summed E-state index contributed by atoms with van der Waals surface area (Å²) in [5.41, 5.74) is 5.53. The fraction of sp³-hybridized carbons (Fsp3) is 0.280. The fourth-order valence-corrected chi connectivity index (χ4v) is 4.34. The molecule has 4 rings (SSSR count). The Morgan fingerprint density at radius 2 is 1.84 bits per heavy atom. The first-order valence-electron chi connectivity index (χ1n) is 10.4. The van der Waals surface area contributed by atoms with Gasteiger partial charge in [-0.25, -0.2) is 0 Å². The molecule has 6 heteroatoms. The van der Waals surface area contributed by atoms with Crippen molar-refractivity contribution >= 4 is 38.9 Å². The van der Waals surface area contributed by atoms with Crippen LogP contribution >= 0.6 is 27.5 Å². The van der Waals surface area contributed by atoms with Gasteiger partial charge in [0.05, 0.1) is 23.9 Å². The summed E-state index contributed by atoms with van der Waals surface area (Å²) in [5, 5.41) is 4.23. The molecule has 1 aliphatic heterocycles. The lowest BCUT2D eigenvalue weighted by molar-refractivity contribution is 0.122. The highest BCUT2D eigenvalue weighted by Crippen LogP contribution is 2.31. The lowest BCUT2D eigenvalue weighted by atomic mass is 10.1. The smallest absolute Gasteiger partial charge is 0.124 e. The van der Waals surface area contributed by atoms with Crippen LogP contribution in [0.5, 0.6) is 5.75 Å². The molecule has 0 radical (unpaired) electrons. The van der Waals surface area contributed by atoms with Crippen LogP contribution in [-0.2, 0) is 17.9 Å². The maximum Gasteiger partial charge on any atom is 0.124 e. The van der Waals surface area contributed by atoms with Gasteiger partial charge in [-0.1, -0.05) is 51.8 Å². The van der Waals surface area contributed by atoms with Gasteiger partial charge in [-0.15, -0.1) is 0 Å². The first-order valence-corrected chi connectivity index (χ1v) is 11.6. The zero-order valence-corrected chi connectivity index (χ0v) is 19.9. The minimum Gasteiger partial charge on any atom is -0.489 e. The Balaban J connectivity index is 1.43. The molecule has 1 aliphatic rings. The number of halogens is 2. The molecule has 0 unspecified atom stereocenters. The van der Waals surface area contributed by atoms with E-state index in [1.807, 2.05) is 30.3 Å². The monoisotopic (exact) mass is 500 g/mol. The van der Waals surface area contributed by atoms with Crippen LogP contribution in [-0.4, -0.2) is 26.3 Å². The van der Waals surface area contributed by atoms with Gasteiger partial charge < -0.3 is 19.7 Å². The third-order valence-corrected chi connectivity index (χ3v) is 6.25. The molecule has 1 saturated heterocycles. The highest BCUT2D eigenvalue weighted by molar-refractivity contribution is 9.10. The number of ether oxygens (including phenoxy) is 2. The molecule has 162 valence electrons. The molecule has 1 fully saturated rings. The molecule has 1 N–H and O–H groups in total. The van der Waals surface area contributed by atoms with Crippen LogP contribution in [0.25, 0.3) is 0 Å². The van der Waals surface area contributed by atoms with Crippen LogP contribution in [0.2, 0.25) is 5.02 Å². The molecule has 0 aliphatic carbocycles. The number of morpholine rings is 1. The second-order valence-electron chi connectivity index (χ2n) is 7.59. The maximum absolute atomic E-state index is 6.58. The summed E-state index contributed by atoms with van der Waals surface area (Å²) in [7, 11) is 0. The van der Waals surface area contributed by atoms with Crippen molar-refractivity contribution < 1.29 is 9.47 Å². The van der Waals surface area contributed by atoms with Gasteiger partial charge >= 0.3 is 0 Å². The number of hydrogen-bond acceptors (Lipinski definition) is 4. The predicted molar refractivity (Wildman–Crippen MR) is 131 cm³/mol. The van der Waals surface area contributed by atoms with Crippen molar-refractivity contribution in [1.82, 2.24) is 0 Å². The van der Waals surface area contributed by atoms with E-state index in [1.165, 1.54) is 11.1 Å². The minimum absolute atomic E-state index is 0.543. The molecule has 4 nitrogen and oxygen atoms in total. The van der Waals surface area contributed by atoms with Gasteiger partial charge in [0, 0.05) is 35.4 Å². The highest BCUT2D eigenvalue weighted by atomic mass is 79.9. The first kappa shape index (κ1) is 22.0. The summed E-state index contributed by atoms with van der Waals surface area (Å²) >= 11 is 10.2. The van der Waals surface area contributed by atoms with E-state index in [-0.39, 0.29) is 0 Å². The second-order valence-corrected chi connectivity index (χ2v) is 8.91. The predicted octanol–water partition coefficient (Wildman–Crippen LogP) is 6.44. The summed E-state index contributed by atoms with van der Waals surface area (Å²) < 4.78 is 12.6. The van der Waals surface area contributed by atoms with Crippen molar-refractivity contribution in [3.63, 3.8) is 0 Å². The topological polar surface area (TPSA) is 33.7 Å². The van der Waals surface area contributed by atoms with E-state index in [0.717, 1.165) is 58.5 Å². The van der Waals surface area contributed by atoms with E-state index in [9.17, 15) is 0 Å². The van der Waals surface area contributed by atoms with Crippen molar-refractivity contribution in [3.05, 3.63) is 86.8 Å². The molecule has 0 spiro atoms. The zero-order chi connectivity index (χ0) is 21.6. The van der Waals surface area contributed by atoms with E-state index in [2.05, 4.69) is 63.4 Å². The summed E-state index contributed by atoms with van der Waals surface area (Å²) in [6.07, 6.45) is 0. The normalized spacial score (nSPS) is 13.8. The number of rotatable bonds is 7. The van der Waals surface area contributed by atoms with E-state index in [4.69, 9.17) is 21.1 Å². The minimum atomic E-state index is 0.543. The third-order valence-electron chi connectivity index (χ3n) is 5.45. The molecule has 0 amide bonds. The molecule has 0 bridgehead atoms. The van der Waals surface area contributed by atoms with Gasteiger partial charge in [0.15, 0.2) is 0 Å². The van der Waals surface area contributed by atoms with Crippen LogP contribution in [0.4, 0.5) is 11.4 Å². The maximum atomic E-state index is 6.58. The third kappa shape index (κ3) is 5.73. The van der Waals surface area contributed by atoms with Crippen molar-refractivity contribution in [2.24, 2.45) is 0 Å². The van der Waals surface area contributed by atoms with Crippen molar-refractivity contribution in [2.45, 2.75) is 20.1 Å². The Labute approximate surface area is 197 Å². The molecular formula is C25H26BrClN2O2. The first-order chi connectivity index (χ1) is 15.1. The fourth-order valence-electron chi connectivity index (χ4n) is 3.63. The van der Waals surface area contributed by atoms with E-state index < -0.39 is 0 Å². The molecule has 3 aromatic rings. The quantitative estimate of drug-likeness (QED) is 0.404. The molecule has 0 atom stereocenters. The Hall–Kier alpha value is -2.21. The SMILES string of the molecule is Cc1ccccc1COc1ccc(Br)cc1CNc1ccc(N2CCOCC2)c(Cl)c1. The van der Waals surface area contributed by atoms with Gasteiger partial charge in [-0.2, -0.15) is 0 Å². The van der Waals surface area contributed by atoms with E-state index >= 15 is 0 Å². The number of aryl methyl sites for hydroxylation is 1. The van der Waals surface area contributed by atoms with Crippen LogP contribution < -0.4 is 15.0 Å². The highest BCUT2D eigenvalue weighted by Gasteiger charge is 2.14. The van der Waals surface area contributed by atoms with Crippen LogP contribution in [0.1, 0.15) is 16.7 Å². The van der Waals surface area contributed by atoms with Gasteiger partial charge in [0.2, 0.25) is 0 Å². The molecular weight excluding hydrogens is 476 g/mol. The van der Waals surface area contributed by atoms with E-state index in [0.29, 0.717) is 13.2 Å². The zero-order valence-electron chi connectivity index (χ0n) is 17.5. The lowest BCUT2D eigenvalue weighted by Gasteiger charge is -2.29. The van der Waals surface area contributed by atoms with Gasteiger partial charge in [0.25, 0.3) is 0 Å². The largest absolute Gasteiger partial charge is 0.489 e.